The summed E-state index contributed by atoms with van der Waals surface area (Å²) in [6.07, 6.45) is 0. The molecule has 1 aromatic carbocycles. The summed E-state index contributed by atoms with van der Waals surface area (Å²) in [5, 5.41) is 0. The lowest BCUT2D eigenvalue weighted by Crippen LogP contribution is -2.46. The fourth-order valence-corrected chi connectivity index (χ4v) is 1.52. The van der Waals surface area contributed by atoms with E-state index >= 15 is 0 Å². The highest BCUT2D eigenvalue weighted by molar-refractivity contribution is 5.98. The first-order valence-electron chi connectivity index (χ1n) is 6.50. The molecule has 0 bridgehead atoms. The lowest BCUT2D eigenvalue weighted by molar-refractivity contribution is -0.128. The number of rotatable bonds is 3. The second kappa shape index (κ2) is 6.41. The highest BCUT2D eigenvalue weighted by Gasteiger charge is 2.27. The van der Waals surface area contributed by atoms with Crippen molar-refractivity contribution in [3.63, 3.8) is 0 Å². The first kappa shape index (κ1) is 16.0. The number of carbonyl (C=O) groups is 2. The third-order valence-electron chi connectivity index (χ3n) is 3.34. The maximum Gasteiger partial charge on any atom is 0.273 e. The van der Waals surface area contributed by atoms with Gasteiger partial charge in [0.25, 0.3) is 5.91 Å². The smallest absolute Gasteiger partial charge is 0.273 e. The second-order valence-corrected chi connectivity index (χ2v) is 5.73. The van der Waals surface area contributed by atoms with E-state index in [4.69, 9.17) is 4.74 Å². The number of carbonyl (C=O) groups excluding carboxylic acids is 2. The van der Waals surface area contributed by atoms with Crippen LogP contribution in [0.25, 0.3) is 0 Å². The predicted octanol–water partition coefficient (Wildman–Crippen LogP) is 2.14. The zero-order valence-corrected chi connectivity index (χ0v) is 12.6. The summed E-state index contributed by atoms with van der Waals surface area (Å²) in [7, 11) is 1.49. The first-order chi connectivity index (χ1) is 9.27. The Bertz CT molecular complexity index is 492. The monoisotopic (exact) mass is 278 g/mol. The standard InChI is InChI=1S/C15H22N2O3/c1-10(15(2,3)4)13(18)16-17-14(19)11-8-6-7-9-12(11)20-5/h6-10H,1-5H3,(H,16,18)(H,17,19). The number of methoxy groups -OCH3 is 1. The Morgan fingerprint density at radius 1 is 1.15 bits per heavy atom. The van der Waals surface area contributed by atoms with Crippen molar-refractivity contribution >= 4 is 11.8 Å². The first-order valence-corrected chi connectivity index (χ1v) is 6.50. The van der Waals surface area contributed by atoms with E-state index in [-0.39, 0.29) is 17.2 Å². The van der Waals surface area contributed by atoms with Crippen molar-refractivity contribution in [3.8, 4) is 5.75 Å². The van der Waals surface area contributed by atoms with Gasteiger partial charge in [-0.05, 0) is 17.5 Å². The number of nitrogens with one attached hydrogen (secondary N) is 2. The van der Waals surface area contributed by atoms with Gasteiger partial charge in [0, 0.05) is 5.92 Å². The fourth-order valence-electron chi connectivity index (χ4n) is 1.52. The number of para-hydroxylation sites is 1. The van der Waals surface area contributed by atoms with Crippen molar-refractivity contribution in [3.05, 3.63) is 29.8 Å². The van der Waals surface area contributed by atoms with Gasteiger partial charge in [0.05, 0.1) is 12.7 Å². The van der Waals surface area contributed by atoms with Crippen molar-refractivity contribution < 1.29 is 14.3 Å². The van der Waals surface area contributed by atoms with Crippen LogP contribution >= 0.6 is 0 Å². The van der Waals surface area contributed by atoms with E-state index in [1.807, 2.05) is 27.7 Å². The van der Waals surface area contributed by atoms with Gasteiger partial charge in [-0.1, -0.05) is 39.8 Å². The molecule has 1 rings (SSSR count). The van der Waals surface area contributed by atoms with Crippen LogP contribution in [0.15, 0.2) is 24.3 Å². The van der Waals surface area contributed by atoms with Gasteiger partial charge < -0.3 is 4.74 Å². The molecule has 0 saturated carbocycles. The molecule has 0 radical (unpaired) electrons. The summed E-state index contributed by atoms with van der Waals surface area (Å²) < 4.78 is 5.10. The minimum absolute atomic E-state index is 0.167. The van der Waals surface area contributed by atoms with E-state index in [0.29, 0.717) is 11.3 Å². The van der Waals surface area contributed by atoms with E-state index in [0.717, 1.165) is 0 Å². The molecule has 1 atom stereocenters. The van der Waals surface area contributed by atoms with E-state index in [1.54, 1.807) is 24.3 Å². The van der Waals surface area contributed by atoms with E-state index in [2.05, 4.69) is 10.9 Å². The van der Waals surface area contributed by atoms with Crippen LogP contribution in [0.4, 0.5) is 0 Å². The lowest BCUT2D eigenvalue weighted by atomic mass is 9.82. The molecule has 0 aliphatic heterocycles. The van der Waals surface area contributed by atoms with Crippen LogP contribution in [0, 0.1) is 11.3 Å². The summed E-state index contributed by atoms with van der Waals surface area (Å²) in [5.74, 6) is -0.388. The molecule has 0 saturated heterocycles. The molecule has 0 spiro atoms. The van der Waals surface area contributed by atoms with Crippen LogP contribution in [-0.4, -0.2) is 18.9 Å². The Morgan fingerprint density at radius 2 is 1.75 bits per heavy atom. The van der Waals surface area contributed by atoms with Crippen molar-refractivity contribution in [1.82, 2.24) is 10.9 Å². The largest absolute Gasteiger partial charge is 0.496 e. The van der Waals surface area contributed by atoms with Crippen LogP contribution in [-0.2, 0) is 4.79 Å². The summed E-state index contributed by atoms with van der Waals surface area (Å²) in [6, 6.07) is 6.83. The summed E-state index contributed by atoms with van der Waals surface area (Å²) in [6.45, 7) is 7.74. The molecule has 5 heteroatoms. The molecule has 0 fully saturated rings. The minimum Gasteiger partial charge on any atom is -0.496 e. The summed E-state index contributed by atoms with van der Waals surface area (Å²) in [4.78, 5) is 23.9. The quantitative estimate of drug-likeness (QED) is 0.832. The van der Waals surface area contributed by atoms with Gasteiger partial charge in [-0.15, -0.1) is 0 Å². The molecule has 0 heterocycles. The Kier molecular flexibility index (Phi) is 5.13. The van der Waals surface area contributed by atoms with Gasteiger partial charge in [-0.25, -0.2) is 0 Å². The molecule has 110 valence electrons. The Hall–Kier alpha value is -2.04. The molecule has 1 unspecified atom stereocenters. The number of amides is 2. The van der Waals surface area contributed by atoms with Crippen molar-refractivity contribution in [2.45, 2.75) is 27.7 Å². The summed E-state index contributed by atoms with van der Waals surface area (Å²) >= 11 is 0. The van der Waals surface area contributed by atoms with Crippen molar-refractivity contribution in [2.24, 2.45) is 11.3 Å². The average molecular weight is 278 g/mol. The van der Waals surface area contributed by atoms with Gasteiger partial charge in [0.15, 0.2) is 0 Å². The van der Waals surface area contributed by atoms with Gasteiger partial charge in [0.2, 0.25) is 5.91 Å². The molecular weight excluding hydrogens is 256 g/mol. The van der Waals surface area contributed by atoms with E-state index in [1.165, 1.54) is 7.11 Å². The highest BCUT2D eigenvalue weighted by atomic mass is 16.5. The number of hydrazine groups is 1. The third kappa shape index (κ3) is 3.98. The van der Waals surface area contributed by atoms with Gasteiger partial charge >= 0.3 is 0 Å². The number of hydrogen-bond acceptors (Lipinski definition) is 3. The van der Waals surface area contributed by atoms with Crippen LogP contribution in [0.5, 0.6) is 5.75 Å². The normalized spacial score (nSPS) is 12.4. The molecular formula is C15H22N2O3. The van der Waals surface area contributed by atoms with Gasteiger partial charge in [-0.3, -0.25) is 20.4 Å². The molecule has 0 aromatic heterocycles. The fraction of sp³-hybridized carbons (Fsp3) is 0.467. The summed E-state index contributed by atoms with van der Waals surface area (Å²) in [5.41, 5.74) is 5.06. The maximum atomic E-state index is 12.0. The van der Waals surface area contributed by atoms with Crippen molar-refractivity contribution in [2.75, 3.05) is 7.11 Å². The third-order valence-corrected chi connectivity index (χ3v) is 3.34. The predicted molar refractivity (Wildman–Crippen MR) is 77.2 cm³/mol. The maximum absolute atomic E-state index is 12.0. The van der Waals surface area contributed by atoms with E-state index in [9.17, 15) is 9.59 Å². The van der Waals surface area contributed by atoms with Crippen LogP contribution < -0.4 is 15.6 Å². The second-order valence-electron chi connectivity index (χ2n) is 5.73. The van der Waals surface area contributed by atoms with Crippen LogP contribution in [0.1, 0.15) is 38.1 Å². The molecule has 2 amide bonds. The average Bonchev–Trinajstić information content (AvgIpc) is 2.42. The van der Waals surface area contributed by atoms with Crippen LogP contribution in [0.3, 0.4) is 0 Å². The minimum atomic E-state index is -0.406. The molecule has 0 aliphatic carbocycles. The molecule has 1 aromatic rings. The molecule has 20 heavy (non-hydrogen) atoms. The Balaban J connectivity index is 2.66. The molecule has 2 N–H and O–H groups in total. The Labute approximate surface area is 119 Å². The Morgan fingerprint density at radius 3 is 2.30 bits per heavy atom. The van der Waals surface area contributed by atoms with Crippen molar-refractivity contribution in [1.29, 1.82) is 0 Å². The SMILES string of the molecule is COc1ccccc1C(=O)NNC(=O)C(C)C(C)(C)C. The van der Waals surface area contributed by atoms with Crippen LogP contribution in [0.2, 0.25) is 0 Å². The zero-order valence-electron chi connectivity index (χ0n) is 12.6. The number of hydrogen-bond donors (Lipinski definition) is 2. The zero-order chi connectivity index (χ0) is 15.3. The topological polar surface area (TPSA) is 67.4 Å². The number of benzene rings is 1. The highest BCUT2D eigenvalue weighted by Crippen LogP contribution is 2.25. The molecule has 5 nitrogen and oxygen atoms in total. The van der Waals surface area contributed by atoms with E-state index < -0.39 is 5.91 Å². The van der Waals surface area contributed by atoms with Gasteiger partial charge in [-0.2, -0.15) is 0 Å². The molecule has 0 aliphatic rings. The lowest BCUT2D eigenvalue weighted by Gasteiger charge is -2.26. The number of ether oxygens (including phenoxy) is 1. The van der Waals surface area contributed by atoms with Gasteiger partial charge in [0.1, 0.15) is 5.75 Å².